The van der Waals surface area contributed by atoms with E-state index in [-0.39, 0.29) is 23.8 Å². The number of amides is 2. The van der Waals surface area contributed by atoms with Crippen molar-refractivity contribution in [2.45, 2.75) is 25.3 Å². The number of H-pyrrole nitrogens is 2. The van der Waals surface area contributed by atoms with E-state index in [1.54, 1.807) is 18.3 Å². The van der Waals surface area contributed by atoms with Crippen LogP contribution in [-0.4, -0.2) is 67.2 Å². The van der Waals surface area contributed by atoms with Crippen molar-refractivity contribution in [3.05, 3.63) is 47.8 Å². The van der Waals surface area contributed by atoms with Gasteiger partial charge in [0, 0.05) is 31.9 Å². The molecule has 152 valence electrons. The number of fused-ring (bicyclic) bond motifs is 1. The fourth-order valence-corrected chi connectivity index (χ4v) is 4.75. The van der Waals surface area contributed by atoms with E-state index >= 15 is 0 Å². The van der Waals surface area contributed by atoms with Crippen molar-refractivity contribution in [3.63, 3.8) is 0 Å². The van der Waals surface area contributed by atoms with Crippen LogP contribution < -0.4 is 0 Å². The fraction of sp³-hybridized carbons (Fsp3) is 0.381. The number of nitrogens with zero attached hydrogens (tertiary/aromatic N) is 5. The number of aromatic nitrogens is 4. The molecule has 2 saturated heterocycles. The minimum absolute atomic E-state index is 0.0754. The lowest BCUT2D eigenvalue weighted by molar-refractivity contribution is 0.0676. The van der Waals surface area contributed by atoms with E-state index in [0.717, 1.165) is 24.6 Å². The molecule has 3 aromatic heterocycles. The molecule has 9 heteroatoms. The first kappa shape index (κ1) is 18.4. The van der Waals surface area contributed by atoms with Crippen LogP contribution in [0.4, 0.5) is 0 Å². The van der Waals surface area contributed by atoms with Crippen molar-refractivity contribution in [1.29, 1.82) is 5.26 Å². The number of nitriles is 1. The average Bonchev–Trinajstić information content (AvgIpc) is 3.56. The molecular weight excluding hydrogens is 382 g/mol. The number of nitrogens with one attached hydrogen (secondary N) is 2. The summed E-state index contributed by atoms with van der Waals surface area (Å²) >= 11 is 0. The smallest absolute Gasteiger partial charge is 0.273 e. The van der Waals surface area contributed by atoms with Gasteiger partial charge in [-0.2, -0.15) is 5.26 Å². The van der Waals surface area contributed by atoms with Crippen LogP contribution in [0, 0.1) is 17.2 Å². The van der Waals surface area contributed by atoms with E-state index in [0.29, 0.717) is 42.4 Å². The Morgan fingerprint density at radius 1 is 1.13 bits per heavy atom. The molecule has 2 amide bonds. The monoisotopic (exact) mass is 403 g/mol. The van der Waals surface area contributed by atoms with Gasteiger partial charge in [-0.25, -0.2) is 9.97 Å². The van der Waals surface area contributed by atoms with Crippen molar-refractivity contribution in [1.82, 2.24) is 29.7 Å². The highest BCUT2D eigenvalue weighted by molar-refractivity contribution is 6.03. The maximum atomic E-state index is 13.1. The molecule has 30 heavy (non-hydrogen) atoms. The molecule has 0 aromatic carbocycles. The third-order valence-corrected chi connectivity index (χ3v) is 6.21. The summed E-state index contributed by atoms with van der Waals surface area (Å²) in [5.41, 5.74) is 1.89. The maximum absolute atomic E-state index is 13.1. The lowest BCUT2D eigenvalue weighted by Gasteiger charge is -2.29. The summed E-state index contributed by atoms with van der Waals surface area (Å²) in [4.78, 5) is 44.1. The first-order valence-electron chi connectivity index (χ1n) is 10.1. The van der Waals surface area contributed by atoms with E-state index < -0.39 is 0 Å². The van der Waals surface area contributed by atoms with Gasteiger partial charge in [-0.1, -0.05) is 0 Å². The normalized spacial score (nSPS) is 21.3. The summed E-state index contributed by atoms with van der Waals surface area (Å²) < 4.78 is 0. The van der Waals surface area contributed by atoms with Crippen LogP contribution in [0.2, 0.25) is 0 Å². The summed E-state index contributed by atoms with van der Waals surface area (Å²) in [7, 11) is 0. The minimum Gasteiger partial charge on any atom is -0.346 e. The summed E-state index contributed by atoms with van der Waals surface area (Å²) in [6, 6.07) is 7.23. The first-order chi connectivity index (χ1) is 14.7. The Bertz CT molecular complexity index is 1160. The van der Waals surface area contributed by atoms with E-state index in [1.165, 1.54) is 6.33 Å². The molecule has 2 fully saturated rings. The Morgan fingerprint density at radius 2 is 2.03 bits per heavy atom. The zero-order valence-electron chi connectivity index (χ0n) is 16.3. The molecule has 0 saturated carbocycles. The highest BCUT2D eigenvalue weighted by atomic mass is 16.2. The molecule has 2 unspecified atom stereocenters. The van der Waals surface area contributed by atoms with Gasteiger partial charge in [0.05, 0.1) is 5.39 Å². The van der Waals surface area contributed by atoms with Gasteiger partial charge >= 0.3 is 0 Å². The standard InChI is InChI=1S/C21H21N7O2/c22-10-14-3-4-16(26-14)20(29)28-8-1-2-17(28)13-6-9-27(11-13)21(30)18-15-5-7-23-19(15)25-12-24-18/h3-5,7,12-13,17,26H,1-2,6,8-9,11H2,(H,23,24,25). The van der Waals surface area contributed by atoms with Gasteiger partial charge in [0.15, 0.2) is 0 Å². The highest BCUT2D eigenvalue weighted by Gasteiger charge is 2.40. The maximum Gasteiger partial charge on any atom is 0.273 e. The van der Waals surface area contributed by atoms with Crippen LogP contribution in [-0.2, 0) is 0 Å². The number of likely N-dealkylation sites (tertiary alicyclic amines) is 2. The second-order valence-electron chi connectivity index (χ2n) is 7.87. The fourth-order valence-electron chi connectivity index (χ4n) is 4.75. The molecule has 5 rings (SSSR count). The van der Waals surface area contributed by atoms with Crippen molar-refractivity contribution < 1.29 is 9.59 Å². The Labute approximate surface area is 172 Å². The van der Waals surface area contributed by atoms with Crippen molar-refractivity contribution >= 4 is 22.8 Å². The summed E-state index contributed by atoms with van der Waals surface area (Å²) in [6.45, 7) is 1.96. The molecule has 2 N–H and O–H groups in total. The SMILES string of the molecule is N#Cc1ccc(C(=O)N2CCCC2C2CCN(C(=O)c3ncnc4[nH]ccc34)C2)[nH]1. The molecule has 0 radical (unpaired) electrons. The number of hydrogen-bond donors (Lipinski definition) is 2. The Balaban J connectivity index is 1.31. The first-order valence-corrected chi connectivity index (χ1v) is 10.1. The van der Waals surface area contributed by atoms with Gasteiger partial charge in [0.1, 0.15) is 35.1 Å². The number of hydrogen-bond acceptors (Lipinski definition) is 5. The zero-order chi connectivity index (χ0) is 20.7. The summed E-state index contributed by atoms with van der Waals surface area (Å²) in [5, 5.41) is 9.72. The van der Waals surface area contributed by atoms with Gasteiger partial charge in [0.25, 0.3) is 11.8 Å². The van der Waals surface area contributed by atoms with E-state index in [9.17, 15) is 9.59 Å². The Morgan fingerprint density at radius 3 is 2.87 bits per heavy atom. The van der Waals surface area contributed by atoms with Gasteiger partial charge in [-0.15, -0.1) is 0 Å². The third-order valence-electron chi connectivity index (χ3n) is 6.21. The van der Waals surface area contributed by atoms with Gasteiger partial charge in [0.2, 0.25) is 0 Å². The number of aromatic amines is 2. The molecule has 0 spiro atoms. The molecular formula is C21H21N7O2. The largest absolute Gasteiger partial charge is 0.346 e. The summed E-state index contributed by atoms with van der Waals surface area (Å²) in [6.07, 6.45) is 5.89. The van der Waals surface area contributed by atoms with E-state index in [4.69, 9.17) is 5.26 Å². The molecule has 5 heterocycles. The molecule has 2 atom stereocenters. The van der Waals surface area contributed by atoms with Crippen LogP contribution >= 0.6 is 0 Å². The Hall–Kier alpha value is -3.67. The zero-order valence-corrected chi connectivity index (χ0v) is 16.3. The predicted octanol–water partition coefficient (Wildman–Crippen LogP) is 1.92. The van der Waals surface area contributed by atoms with Gasteiger partial charge in [-0.3, -0.25) is 9.59 Å². The molecule has 2 aliphatic heterocycles. The summed E-state index contributed by atoms with van der Waals surface area (Å²) in [5.74, 6) is 0.0614. The second kappa shape index (κ2) is 7.30. The third kappa shape index (κ3) is 3.01. The van der Waals surface area contributed by atoms with E-state index in [1.807, 2.05) is 21.9 Å². The topological polar surface area (TPSA) is 122 Å². The highest BCUT2D eigenvalue weighted by Crippen LogP contribution is 2.32. The molecule has 2 aliphatic rings. The van der Waals surface area contributed by atoms with Crippen molar-refractivity contribution in [2.75, 3.05) is 19.6 Å². The van der Waals surface area contributed by atoms with Gasteiger partial charge < -0.3 is 19.8 Å². The molecule has 9 nitrogen and oxygen atoms in total. The number of carbonyl (C=O) groups excluding carboxylic acids is 2. The van der Waals surface area contributed by atoms with Crippen LogP contribution in [0.15, 0.2) is 30.7 Å². The van der Waals surface area contributed by atoms with Crippen LogP contribution in [0.1, 0.15) is 45.9 Å². The molecule has 3 aromatic rings. The number of carbonyl (C=O) groups is 2. The van der Waals surface area contributed by atoms with Crippen molar-refractivity contribution in [3.8, 4) is 6.07 Å². The average molecular weight is 403 g/mol. The number of rotatable bonds is 3. The quantitative estimate of drug-likeness (QED) is 0.692. The van der Waals surface area contributed by atoms with Gasteiger partial charge in [-0.05, 0) is 43.4 Å². The molecule has 0 aliphatic carbocycles. The lowest BCUT2D eigenvalue weighted by Crippen LogP contribution is -2.41. The minimum atomic E-state index is -0.0941. The Kier molecular flexibility index (Phi) is 4.47. The van der Waals surface area contributed by atoms with Crippen LogP contribution in [0.5, 0.6) is 0 Å². The lowest BCUT2D eigenvalue weighted by atomic mass is 9.96. The van der Waals surface area contributed by atoms with Crippen LogP contribution in [0.25, 0.3) is 11.0 Å². The second-order valence-corrected chi connectivity index (χ2v) is 7.87. The van der Waals surface area contributed by atoms with E-state index in [2.05, 4.69) is 19.9 Å². The van der Waals surface area contributed by atoms with Crippen LogP contribution in [0.3, 0.4) is 0 Å². The predicted molar refractivity (Wildman–Crippen MR) is 107 cm³/mol. The molecule has 0 bridgehead atoms. The van der Waals surface area contributed by atoms with Crippen molar-refractivity contribution in [2.24, 2.45) is 5.92 Å².